The Hall–Kier alpha value is -1.60. The van der Waals surface area contributed by atoms with E-state index in [1.54, 1.807) is 0 Å². The Morgan fingerprint density at radius 2 is 1.59 bits per heavy atom. The summed E-state index contributed by atoms with van der Waals surface area (Å²) in [6, 6.07) is 17.4. The molecule has 0 aromatic heterocycles. The van der Waals surface area contributed by atoms with Crippen molar-refractivity contribution >= 4 is 0 Å². The van der Waals surface area contributed by atoms with E-state index in [-0.39, 0.29) is 0 Å². The van der Waals surface area contributed by atoms with E-state index in [9.17, 15) is 0 Å². The molecular formula is C16H19N. The lowest BCUT2D eigenvalue weighted by Gasteiger charge is -2.11. The van der Waals surface area contributed by atoms with E-state index in [4.69, 9.17) is 0 Å². The van der Waals surface area contributed by atoms with Crippen molar-refractivity contribution in [2.75, 3.05) is 14.1 Å². The quantitative estimate of drug-likeness (QED) is 0.769. The Labute approximate surface area is 104 Å². The highest BCUT2D eigenvalue weighted by atomic mass is 15.0. The fourth-order valence-electron chi connectivity index (χ4n) is 1.96. The van der Waals surface area contributed by atoms with Gasteiger partial charge < -0.3 is 4.90 Å². The molecule has 2 aromatic rings. The Morgan fingerprint density at radius 1 is 0.882 bits per heavy atom. The predicted molar refractivity (Wildman–Crippen MR) is 74.0 cm³/mol. The maximum Gasteiger partial charge on any atom is 0.0227 e. The van der Waals surface area contributed by atoms with E-state index < -0.39 is 0 Å². The average molecular weight is 225 g/mol. The molecule has 0 unspecified atom stereocenters. The van der Waals surface area contributed by atoms with Crippen LogP contribution < -0.4 is 0 Å². The molecule has 0 amide bonds. The van der Waals surface area contributed by atoms with Crippen molar-refractivity contribution in [2.24, 2.45) is 0 Å². The van der Waals surface area contributed by atoms with Gasteiger partial charge in [-0.3, -0.25) is 0 Å². The minimum absolute atomic E-state index is 0.986. The van der Waals surface area contributed by atoms with Gasteiger partial charge in [-0.05, 0) is 43.8 Å². The minimum Gasteiger partial charge on any atom is -0.305 e. The van der Waals surface area contributed by atoms with Crippen LogP contribution in [0.1, 0.15) is 11.1 Å². The lowest BCUT2D eigenvalue weighted by atomic mass is 10.0. The van der Waals surface area contributed by atoms with Crippen LogP contribution in [-0.2, 0) is 6.54 Å². The fourth-order valence-corrected chi connectivity index (χ4v) is 1.96. The zero-order chi connectivity index (χ0) is 12.3. The summed E-state index contributed by atoms with van der Waals surface area (Å²) in [7, 11) is 4.19. The summed E-state index contributed by atoms with van der Waals surface area (Å²) in [6.45, 7) is 3.10. The molecule has 0 radical (unpaired) electrons. The van der Waals surface area contributed by atoms with Crippen molar-refractivity contribution in [3.63, 3.8) is 0 Å². The van der Waals surface area contributed by atoms with Crippen LogP contribution in [0.25, 0.3) is 11.1 Å². The summed E-state index contributed by atoms with van der Waals surface area (Å²) >= 11 is 0. The molecule has 0 N–H and O–H groups in total. The van der Waals surface area contributed by atoms with Gasteiger partial charge in [-0.25, -0.2) is 0 Å². The number of aryl methyl sites for hydroxylation is 1. The number of benzene rings is 2. The Balaban J connectivity index is 2.29. The van der Waals surface area contributed by atoms with Crippen LogP contribution in [0.5, 0.6) is 0 Å². The van der Waals surface area contributed by atoms with Crippen LogP contribution >= 0.6 is 0 Å². The second kappa shape index (κ2) is 5.15. The van der Waals surface area contributed by atoms with Crippen LogP contribution in [0.15, 0.2) is 48.5 Å². The first-order chi connectivity index (χ1) is 8.15. The summed E-state index contributed by atoms with van der Waals surface area (Å²) in [6.07, 6.45) is 0. The van der Waals surface area contributed by atoms with Crippen LogP contribution in [0.4, 0.5) is 0 Å². The van der Waals surface area contributed by atoms with E-state index >= 15 is 0 Å². The van der Waals surface area contributed by atoms with Gasteiger partial charge in [-0.1, -0.05) is 48.0 Å². The van der Waals surface area contributed by atoms with Crippen LogP contribution in [0.2, 0.25) is 0 Å². The molecule has 1 nitrogen and oxygen atoms in total. The highest BCUT2D eigenvalue weighted by Crippen LogP contribution is 2.21. The van der Waals surface area contributed by atoms with Gasteiger partial charge in [-0.15, -0.1) is 0 Å². The molecule has 2 rings (SSSR count). The SMILES string of the molecule is Cc1ccc(-c2cccc(CN(C)C)c2)cc1. The van der Waals surface area contributed by atoms with E-state index in [0.717, 1.165) is 6.54 Å². The molecule has 0 saturated heterocycles. The van der Waals surface area contributed by atoms with Gasteiger partial charge in [0, 0.05) is 6.54 Å². The van der Waals surface area contributed by atoms with Crippen molar-refractivity contribution < 1.29 is 0 Å². The monoisotopic (exact) mass is 225 g/mol. The van der Waals surface area contributed by atoms with E-state index in [1.165, 1.54) is 22.3 Å². The van der Waals surface area contributed by atoms with Crippen molar-refractivity contribution in [3.05, 3.63) is 59.7 Å². The average Bonchev–Trinajstić information content (AvgIpc) is 2.29. The molecule has 0 aliphatic heterocycles. The fraction of sp³-hybridized carbons (Fsp3) is 0.250. The van der Waals surface area contributed by atoms with E-state index in [1.807, 2.05) is 0 Å². The summed E-state index contributed by atoms with van der Waals surface area (Å²) in [5.41, 5.74) is 5.24. The number of rotatable bonds is 3. The second-order valence-corrected chi connectivity index (χ2v) is 4.80. The van der Waals surface area contributed by atoms with Crippen LogP contribution in [0, 0.1) is 6.92 Å². The first kappa shape index (κ1) is 11.9. The second-order valence-electron chi connectivity index (χ2n) is 4.80. The normalized spacial score (nSPS) is 10.8. The van der Waals surface area contributed by atoms with Gasteiger partial charge in [0.05, 0.1) is 0 Å². The molecule has 0 atom stereocenters. The van der Waals surface area contributed by atoms with E-state index in [0.29, 0.717) is 0 Å². The molecule has 0 saturated carbocycles. The van der Waals surface area contributed by atoms with Crippen molar-refractivity contribution in [1.82, 2.24) is 4.90 Å². The molecule has 2 aromatic carbocycles. The van der Waals surface area contributed by atoms with Gasteiger partial charge >= 0.3 is 0 Å². The molecule has 1 heteroatoms. The topological polar surface area (TPSA) is 3.24 Å². The van der Waals surface area contributed by atoms with Gasteiger partial charge in [0.15, 0.2) is 0 Å². The Bertz CT molecular complexity index is 483. The summed E-state index contributed by atoms with van der Waals surface area (Å²) in [5, 5.41) is 0. The van der Waals surface area contributed by atoms with Crippen molar-refractivity contribution in [3.8, 4) is 11.1 Å². The predicted octanol–water partition coefficient (Wildman–Crippen LogP) is 3.72. The first-order valence-electron chi connectivity index (χ1n) is 5.96. The number of nitrogens with zero attached hydrogens (tertiary/aromatic N) is 1. The summed E-state index contributed by atoms with van der Waals surface area (Å²) in [4.78, 5) is 2.19. The van der Waals surface area contributed by atoms with E-state index in [2.05, 4.69) is 74.4 Å². The maximum absolute atomic E-state index is 2.27. The first-order valence-corrected chi connectivity index (χ1v) is 5.96. The molecule has 0 bridgehead atoms. The Morgan fingerprint density at radius 3 is 2.24 bits per heavy atom. The molecule has 0 aliphatic rings. The molecule has 0 heterocycles. The standard InChI is InChI=1S/C16H19N/c1-13-7-9-15(10-8-13)16-6-4-5-14(11-16)12-17(2)3/h4-11H,12H2,1-3H3. The lowest BCUT2D eigenvalue weighted by molar-refractivity contribution is 0.402. The van der Waals surface area contributed by atoms with Crippen LogP contribution in [0.3, 0.4) is 0 Å². The van der Waals surface area contributed by atoms with Gasteiger partial charge in [-0.2, -0.15) is 0 Å². The third-order valence-electron chi connectivity index (χ3n) is 2.81. The van der Waals surface area contributed by atoms with Crippen LogP contribution in [-0.4, -0.2) is 19.0 Å². The maximum atomic E-state index is 2.27. The molecule has 0 fully saturated rings. The molecular weight excluding hydrogens is 206 g/mol. The smallest absolute Gasteiger partial charge is 0.0227 e. The number of hydrogen-bond acceptors (Lipinski definition) is 1. The summed E-state index contributed by atoms with van der Waals surface area (Å²) in [5.74, 6) is 0. The number of hydrogen-bond donors (Lipinski definition) is 0. The molecule has 17 heavy (non-hydrogen) atoms. The molecule has 0 aliphatic carbocycles. The third kappa shape index (κ3) is 3.18. The Kier molecular flexibility index (Phi) is 3.60. The highest BCUT2D eigenvalue weighted by Gasteiger charge is 2.00. The van der Waals surface area contributed by atoms with Gasteiger partial charge in [0.2, 0.25) is 0 Å². The zero-order valence-corrected chi connectivity index (χ0v) is 10.8. The minimum atomic E-state index is 0.986. The van der Waals surface area contributed by atoms with Crippen molar-refractivity contribution in [2.45, 2.75) is 13.5 Å². The van der Waals surface area contributed by atoms with Gasteiger partial charge in [0.1, 0.15) is 0 Å². The van der Waals surface area contributed by atoms with Crippen molar-refractivity contribution in [1.29, 1.82) is 0 Å². The lowest BCUT2D eigenvalue weighted by Crippen LogP contribution is -2.10. The summed E-state index contributed by atoms with van der Waals surface area (Å²) < 4.78 is 0. The third-order valence-corrected chi connectivity index (χ3v) is 2.81. The highest BCUT2D eigenvalue weighted by molar-refractivity contribution is 5.64. The molecule has 0 spiro atoms. The molecule has 88 valence electrons. The largest absolute Gasteiger partial charge is 0.305 e. The zero-order valence-electron chi connectivity index (χ0n) is 10.8. The van der Waals surface area contributed by atoms with Gasteiger partial charge in [0.25, 0.3) is 0 Å².